The van der Waals surface area contributed by atoms with Gasteiger partial charge in [-0.1, -0.05) is 42.5 Å². The minimum Gasteiger partial charge on any atom is -0.466 e. The highest BCUT2D eigenvalue weighted by Crippen LogP contribution is 2.24. The minimum atomic E-state index is -0.966. The molecule has 9 nitrogen and oxygen atoms in total. The lowest BCUT2D eigenvalue weighted by Crippen LogP contribution is -2.42. The smallest absolute Gasteiger partial charge is 0.328 e. The molecule has 3 aromatic carbocycles. The van der Waals surface area contributed by atoms with Gasteiger partial charge in [-0.2, -0.15) is 0 Å². The van der Waals surface area contributed by atoms with Gasteiger partial charge in [-0.15, -0.1) is 0 Å². The largest absolute Gasteiger partial charge is 0.466 e. The Balaban J connectivity index is 1.48. The van der Waals surface area contributed by atoms with Gasteiger partial charge < -0.3 is 19.8 Å². The number of hydrogen-bond donors (Lipinski definition) is 2. The van der Waals surface area contributed by atoms with Gasteiger partial charge in [-0.05, 0) is 73.4 Å². The average molecular weight is 542 g/mol. The van der Waals surface area contributed by atoms with Gasteiger partial charge in [0.25, 0.3) is 11.5 Å². The van der Waals surface area contributed by atoms with Crippen molar-refractivity contribution in [3.05, 3.63) is 87.5 Å². The van der Waals surface area contributed by atoms with Crippen LogP contribution in [-0.2, 0) is 19.1 Å². The summed E-state index contributed by atoms with van der Waals surface area (Å²) < 4.78 is 9.96. The molecule has 0 fully saturated rings. The van der Waals surface area contributed by atoms with E-state index in [9.17, 15) is 19.2 Å². The predicted molar refractivity (Wildman–Crippen MR) is 154 cm³/mol. The Bertz CT molecular complexity index is 1640. The van der Waals surface area contributed by atoms with Crippen LogP contribution in [0.15, 0.2) is 59.4 Å². The minimum absolute atomic E-state index is 0.0174. The molecule has 0 spiro atoms. The summed E-state index contributed by atoms with van der Waals surface area (Å²) in [6.07, 6.45) is 3.89. The van der Waals surface area contributed by atoms with Crippen LogP contribution < -0.4 is 10.9 Å². The second-order valence-electron chi connectivity index (χ2n) is 9.17. The molecule has 0 bridgehead atoms. The van der Waals surface area contributed by atoms with Crippen LogP contribution in [0.5, 0.6) is 0 Å². The summed E-state index contributed by atoms with van der Waals surface area (Å²) in [5, 5.41) is 4.98. The van der Waals surface area contributed by atoms with Crippen LogP contribution in [0.25, 0.3) is 33.8 Å². The van der Waals surface area contributed by atoms with Crippen LogP contribution in [0.1, 0.15) is 54.0 Å². The lowest BCUT2D eigenvalue weighted by molar-refractivity contribution is -0.146. The SMILES string of the molecule is CCOC(=O)CC[C@@H](NC(=O)c1ccc(C=Cc2ccc3ccc4nc(C)[nH]c(=O)c4c3c2)cc1)C(=O)OCC. The number of fused-ring (bicyclic) bond motifs is 3. The van der Waals surface area contributed by atoms with E-state index in [2.05, 4.69) is 15.3 Å². The zero-order valence-corrected chi connectivity index (χ0v) is 22.7. The van der Waals surface area contributed by atoms with E-state index in [4.69, 9.17) is 9.47 Å². The molecule has 0 aliphatic carbocycles. The molecular formula is C31H31N3O6. The number of esters is 2. The number of benzene rings is 3. The first-order chi connectivity index (χ1) is 19.3. The Morgan fingerprint density at radius 2 is 1.62 bits per heavy atom. The summed E-state index contributed by atoms with van der Waals surface area (Å²) in [7, 11) is 0. The van der Waals surface area contributed by atoms with Crippen molar-refractivity contribution in [2.75, 3.05) is 13.2 Å². The number of aromatic amines is 1. The molecule has 1 heterocycles. The number of hydrogen-bond acceptors (Lipinski definition) is 7. The summed E-state index contributed by atoms with van der Waals surface area (Å²) in [6.45, 7) is 5.53. The maximum Gasteiger partial charge on any atom is 0.328 e. The molecule has 2 N–H and O–H groups in total. The number of carbonyl (C=O) groups is 3. The van der Waals surface area contributed by atoms with E-state index >= 15 is 0 Å². The van der Waals surface area contributed by atoms with Gasteiger partial charge in [0.1, 0.15) is 11.9 Å². The highest BCUT2D eigenvalue weighted by atomic mass is 16.5. The third kappa shape index (κ3) is 6.79. The zero-order valence-electron chi connectivity index (χ0n) is 22.7. The van der Waals surface area contributed by atoms with Crippen molar-refractivity contribution in [2.45, 2.75) is 39.7 Å². The van der Waals surface area contributed by atoms with E-state index in [-0.39, 0.29) is 31.6 Å². The quantitative estimate of drug-likeness (QED) is 0.171. The van der Waals surface area contributed by atoms with E-state index in [0.29, 0.717) is 22.3 Å². The van der Waals surface area contributed by atoms with Gasteiger partial charge in [0, 0.05) is 12.0 Å². The summed E-state index contributed by atoms with van der Waals surface area (Å²) in [4.78, 5) is 56.7. The van der Waals surface area contributed by atoms with Crippen LogP contribution >= 0.6 is 0 Å². The molecule has 1 aromatic heterocycles. The molecule has 1 atom stereocenters. The van der Waals surface area contributed by atoms with Gasteiger partial charge >= 0.3 is 11.9 Å². The summed E-state index contributed by atoms with van der Waals surface area (Å²) in [5.74, 6) is -0.929. The molecule has 40 heavy (non-hydrogen) atoms. The summed E-state index contributed by atoms with van der Waals surface area (Å²) >= 11 is 0. The molecule has 0 saturated carbocycles. The van der Waals surface area contributed by atoms with Crippen molar-refractivity contribution in [1.82, 2.24) is 15.3 Å². The topological polar surface area (TPSA) is 127 Å². The molecule has 4 rings (SSSR count). The Hall–Kier alpha value is -4.79. The van der Waals surface area contributed by atoms with Gasteiger partial charge in [-0.3, -0.25) is 14.4 Å². The van der Waals surface area contributed by atoms with Crippen molar-refractivity contribution in [1.29, 1.82) is 0 Å². The van der Waals surface area contributed by atoms with Gasteiger partial charge in [0.05, 0.1) is 24.1 Å². The van der Waals surface area contributed by atoms with Crippen LogP contribution in [0.4, 0.5) is 0 Å². The molecular weight excluding hydrogens is 510 g/mol. The number of H-pyrrole nitrogens is 1. The van der Waals surface area contributed by atoms with Crippen LogP contribution in [-0.4, -0.2) is 47.1 Å². The fourth-order valence-corrected chi connectivity index (χ4v) is 4.36. The Labute approximate surface area is 231 Å². The molecule has 0 aliphatic heterocycles. The third-order valence-corrected chi connectivity index (χ3v) is 6.29. The number of rotatable bonds is 10. The second-order valence-corrected chi connectivity index (χ2v) is 9.17. The summed E-state index contributed by atoms with van der Waals surface area (Å²) in [6, 6.07) is 15.6. The van der Waals surface area contributed by atoms with Crippen LogP contribution in [0.3, 0.4) is 0 Å². The van der Waals surface area contributed by atoms with E-state index in [0.717, 1.165) is 21.9 Å². The highest BCUT2D eigenvalue weighted by molar-refractivity contribution is 6.06. The Morgan fingerprint density at radius 3 is 2.35 bits per heavy atom. The normalized spacial score (nSPS) is 12.0. The van der Waals surface area contributed by atoms with Gasteiger partial charge in [0.2, 0.25) is 0 Å². The third-order valence-electron chi connectivity index (χ3n) is 6.29. The van der Waals surface area contributed by atoms with Crippen molar-refractivity contribution in [3.8, 4) is 0 Å². The van der Waals surface area contributed by atoms with Gasteiger partial charge in [0.15, 0.2) is 0 Å². The average Bonchev–Trinajstić information content (AvgIpc) is 2.94. The maximum atomic E-state index is 12.8. The van der Waals surface area contributed by atoms with E-state index in [1.807, 2.05) is 42.5 Å². The second kappa shape index (κ2) is 12.8. The molecule has 0 unspecified atom stereocenters. The lowest BCUT2D eigenvalue weighted by atomic mass is 10.0. The summed E-state index contributed by atoms with van der Waals surface area (Å²) in [5.41, 5.74) is 2.60. The fourth-order valence-electron chi connectivity index (χ4n) is 4.36. The molecule has 1 amide bonds. The van der Waals surface area contributed by atoms with Crippen molar-refractivity contribution in [2.24, 2.45) is 0 Å². The molecule has 0 saturated heterocycles. The van der Waals surface area contributed by atoms with E-state index in [1.54, 1.807) is 45.0 Å². The number of aromatic nitrogens is 2. The molecule has 0 aliphatic rings. The molecule has 9 heteroatoms. The first-order valence-corrected chi connectivity index (χ1v) is 13.1. The first kappa shape index (κ1) is 28.2. The van der Waals surface area contributed by atoms with Crippen molar-refractivity contribution in [3.63, 3.8) is 0 Å². The van der Waals surface area contributed by atoms with Crippen LogP contribution in [0, 0.1) is 6.92 Å². The Kier molecular flexibility index (Phi) is 9.06. The molecule has 4 aromatic rings. The number of ether oxygens (including phenoxy) is 2. The van der Waals surface area contributed by atoms with E-state index < -0.39 is 23.9 Å². The van der Waals surface area contributed by atoms with Gasteiger partial charge in [-0.25, -0.2) is 9.78 Å². The number of nitrogens with zero attached hydrogens (tertiary/aromatic N) is 1. The monoisotopic (exact) mass is 541 g/mol. The Morgan fingerprint density at radius 1 is 0.950 bits per heavy atom. The van der Waals surface area contributed by atoms with E-state index in [1.165, 1.54) is 0 Å². The molecule has 0 radical (unpaired) electrons. The standard InChI is InChI=1S/C31H31N3O6/c1-4-39-27(35)17-16-26(31(38)40-5-2)34-29(36)23-12-8-20(9-13-23)6-7-21-10-11-22-14-15-25-28(24(22)18-21)30(37)33-19(3)32-25/h6-15,18,26H,4-5,16-17H2,1-3H3,(H,34,36)(H,32,33,37)/t26-/m1/s1. The first-order valence-electron chi connectivity index (χ1n) is 13.1. The lowest BCUT2D eigenvalue weighted by Gasteiger charge is -2.17. The fraction of sp³-hybridized carbons (Fsp3) is 0.258. The number of carbonyl (C=O) groups excluding carboxylic acids is 3. The van der Waals surface area contributed by atoms with Crippen molar-refractivity contribution < 1.29 is 23.9 Å². The molecule has 206 valence electrons. The number of nitrogens with one attached hydrogen (secondary N) is 2. The van der Waals surface area contributed by atoms with Crippen LogP contribution in [0.2, 0.25) is 0 Å². The number of amides is 1. The number of aryl methyl sites for hydroxylation is 1. The highest BCUT2D eigenvalue weighted by Gasteiger charge is 2.24. The maximum absolute atomic E-state index is 12.8. The predicted octanol–water partition coefficient (Wildman–Crippen LogP) is 4.56. The zero-order chi connectivity index (χ0) is 28.6. The van der Waals surface area contributed by atoms with Crippen molar-refractivity contribution >= 4 is 51.7 Å².